The minimum absolute atomic E-state index is 0.561. The summed E-state index contributed by atoms with van der Waals surface area (Å²) >= 11 is 12.6. The van der Waals surface area contributed by atoms with Crippen molar-refractivity contribution < 1.29 is 0 Å². The second-order valence-corrected chi connectivity index (χ2v) is 6.64. The van der Waals surface area contributed by atoms with Gasteiger partial charge in [-0.25, -0.2) is 0 Å². The van der Waals surface area contributed by atoms with Gasteiger partial charge in [-0.05, 0) is 32.7 Å². The quantitative estimate of drug-likeness (QED) is 0.269. The highest BCUT2D eigenvalue weighted by Crippen LogP contribution is 2.43. The molecule has 4 aromatic rings. The van der Waals surface area contributed by atoms with Crippen LogP contribution in [-0.4, -0.2) is 0 Å². The molecule has 0 bridgehead atoms. The lowest BCUT2D eigenvalue weighted by atomic mass is 9.89. The largest absolute Gasteiger partial charge is 0.134 e. The van der Waals surface area contributed by atoms with Gasteiger partial charge < -0.3 is 0 Å². The van der Waals surface area contributed by atoms with Crippen LogP contribution < -0.4 is 0 Å². The van der Waals surface area contributed by atoms with E-state index in [-0.39, 0.29) is 0 Å². The van der Waals surface area contributed by atoms with Gasteiger partial charge in [0.05, 0.1) is 0 Å². The molecular weight excluding hydrogens is 323 g/mol. The normalized spacial score (nSPS) is 11.4. The Morgan fingerprint density at radius 1 is 0.522 bits per heavy atom. The van der Waals surface area contributed by atoms with E-state index in [2.05, 4.69) is 60.7 Å². The molecule has 0 aliphatic carbocycles. The van der Waals surface area contributed by atoms with Crippen LogP contribution in [0, 0.1) is 0 Å². The molecule has 0 aliphatic rings. The first-order valence-corrected chi connectivity index (χ1v) is 8.41. The fourth-order valence-corrected chi connectivity index (χ4v) is 3.78. The van der Waals surface area contributed by atoms with E-state index in [1.807, 2.05) is 18.2 Å². The molecule has 0 aromatic heterocycles. The maximum absolute atomic E-state index is 6.32. The molecule has 0 saturated carbocycles. The van der Waals surface area contributed by atoms with Gasteiger partial charge in [0.1, 0.15) is 4.84 Å². The summed E-state index contributed by atoms with van der Waals surface area (Å²) in [5.74, 6) is 0. The van der Waals surface area contributed by atoms with Gasteiger partial charge in [-0.3, -0.25) is 0 Å². The molecule has 0 N–H and O–H groups in total. The summed E-state index contributed by atoms with van der Waals surface area (Å²) in [6.07, 6.45) is 0. The summed E-state index contributed by atoms with van der Waals surface area (Å²) in [7, 11) is 0. The molecule has 0 saturated heterocycles. The van der Waals surface area contributed by atoms with Crippen molar-refractivity contribution in [2.75, 3.05) is 0 Å². The topological polar surface area (TPSA) is 0 Å². The highest BCUT2D eigenvalue weighted by Gasteiger charge is 2.18. The third-order valence-electron chi connectivity index (χ3n) is 4.25. The van der Waals surface area contributed by atoms with Crippen LogP contribution in [0.3, 0.4) is 0 Å². The molecule has 0 heterocycles. The molecule has 2 heteroatoms. The number of halogens is 2. The zero-order chi connectivity index (χ0) is 15.8. The van der Waals surface area contributed by atoms with Gasteiger partial charge in [-0.15, -0.1) is 23.2 Å². The molecule has 0 amide bonds. The summed E-state index contributed by atoms with van der Waals surface area (Å²) in [5.41, 5.74) is 3.42. The van der Waals surface area contributed by atoms with Crippen LogP contribution in [-0.2, 0) is 0 Å². The summed E-state index contributed by atoms with van der Waals surface area (Å²) in [4.78, 5) is -0.561. The summed E-state index contributed by atoms with van der Waals surface area (Å²) in [6.45, 7) is 0. The fourth-order valence-electron chi connectivity index (χ4n) is 3.31. The molecule has 4 rings (SSSR count). The molecule has 0 unspecified atom stereocenters. The molecule has 0 spiro atoms. The highest BCUT2D eigenvalue weighted by molar-refractivity contribution is 6.45. The minimum atomic E-state index is -0.561. The van der Waals surface area contributed by atoms with E-state index in [1.165, 1.54) is 21.9 Å². The summed E-state index contributed by atoms with van der Waals surface area (Å²) in [5, 5.41) is 4.58. The molecule has 0 aliphatic heterocycles. The van der Waals surface area contributed by atoms with Crippen LogP contribution in [0.15, 0.2) is 78.9 Å². The third kappa shape index (κ3) is 2.39. The van der Waals surface area contributed by atoms with Gasteiger partial charge in [0.15, 0.2) is 0 Å². The molecule has 112 valence electrons. The maximum Gasteiger partial charge on any atom is 0.134 e. The Morgan fingerprint density at radius 2 is 0.957 bits per heavy atom. The first kappa shape index (κ1) is 14.6. The minimum Gasteiger partial charge on any atom is -0.100 e. The number of hydrogen-bond acceptors (Lipinski definition) is 0. The molecule has 0 fully saturated rings. The smallest absolute Gasteiger partial charge is 0.100 e. The van der Waals surface area contributed by atoms with Crippen molar-refractivity contribution in [3.8, 4) is 11.1 Å². The first-order valence-electron chi connectivity index (χ1n) is 7.54. The Balaban J connectivity index is 2.27. The highest BCUT2D eigenvalue weighted by atomic mass is 35.5. The van der Waals surface area contributed by atoms with Crippen molar-refractivity contribution in [3.63, 3.8) is 0 Å². The van der Waals surface area contributed by atoms with Crippen molar-refractivity contribution in [2.45, 2.75) is 4.84 Å². The lowest BCUT2D eigenvalue weighted by Gasteiger charge is -2.17. The average molecular weight is 337 g/mol. The Labute approximate surface area is 145 Å². The summed E-state index contributed by atoms with van der Waals surface area (Å²) < 4.78 is 0. The van der Waals surface area contributed by atoms with Crippen molar-refractivity contribution in [1.82, 2.24) is 0 Å². The Kier molecular flexibility index (Phi) is 3.72. The van der Waals surface area contributed by atoms with E-state index in [0.29, 0.717) is 0 Å². The monoisotopic (exact) mass is 336 g/mol. The maximum atomic E-state index is 6.32. The van der Waals surface area contributed by atoms with Crippen molar-refractivity contribution in [3.05, 3.63) is 84.4 Å². The zero-order valence-electron chi connectivity index (χ0n) is 12.3. The van der Waals surface area contributed by atoms with Crippen LogP contribution in [0.5, 0.6) is 0 Å². The standard InChI is InChI=1S/C21H14Cl2/c22-21(23)20-17-12-6-4-10-15(17)19(14-8-2-1-3-9-14)16-11-5-7-13-18(16)20/h1-13,21H. The van der Waals surface area contributed by atoms with Crippen LogP contribution >= 0.6 is 23.2 Å². The van der Waals surface area contributed by atoms with Crippen LogP contribution in [0.2, 0.25) is 0 Å². The van der Waals surface area contributed by atoms with Gasteiger partial charge in [0, 0.05) is 5.56 Å². The molecule has 0 atom stereocenters. The van der Waals surface area contributed by atoms with Gasteiger partial charge in [-0.1, -0.05) is 78.9 Å². The number of fused-ring (bicyclic) bond motifs is 2. The predicted molar refractivity (Wildman–Crippen MR) is 101 cm³/mol. The molecule has 4 aromatic carbocycles. The van der Waals surface area contributed by atoms with Crippen LogP contribution in [0.4, 0.5) is 0 Å². The van der Waals surface area contributed by atoms with Gasteiger partial charge >= 0.3 is 0 Å². The lowest BCUT2D eigenvalue weighted by molar-refractivity contribution is 1.43. The number of benzene rings is 4. The SMILES string of the molecule is ClC(Cl)c1c2ccccc2c(-c2ccccc2)c2ccccc12. The average Bonchev–Trinajstić information content (AvgIpc) is 2.59. The first-order chi connectivity index (χ1) is 11.3. The third-order valence-corrected chi connectivity index (χ3v) is 4.69. The Morgan fingerprint density at radius 3 is 1.43 bits per heavy atom. The van der Waals surface area contributed by atoms with Gasteiger partial charge in [0.2, 0.25) is 0 Å². The van der Waals surface area contributed by atoms with E-state index < -0.39 is 4.84 Å². The van der Waals surface area contributed by atoms with E-state index in [0.717, 1.165) is 16.3 Å². The molecular formula is C21H14Cl2. The summed E-state index contributed by atoms with van der Waals surface area (Å²) in [6, 6.07) is 27.1. The van der Waals surface area contributed by atoms with E-state index >= 15 is 0 Å². The Bertz CT molecular complexity index is 931. The van der Waals surface area contributed by atoms with E-state index in [9.17, 15) is 0 Å². The van der Waals surface area contributed by atoms with Gasteiger partial charge in [-0.2, -0.15) is 0 Å². The van der Waals surface area contributed by atoms with E-state index in [1.54, 1.807) is 0 Å². The molecule has 0 nitrogen and oxygen atoms in total. The molecule has 0 radical (unpaired) electrons. The molecule has 23 heavy (non-hydrogen) atoms. The zero-order valence-corrected chi connectivity index (χ0v) is 13.9. The van der Waals surface area contributed by atoms with E-state index in [4.69, 9.17) is 23.2 Å². The second kappa shape index (κ2) is 5.88. The second-order valence-electron chi connectivity index (χ2n) is 5.55. The lowest BCUT2D eigenvalue weighted by Crippen LogP contribution is -1.92. The Hall–Kier alpha value is -2.02. The number of alkyl halides is 2. The van der Waals surface area contributed by atoms with Crippen LogP contribution in [0.1, 0.15) is 10.4 Å². The fraction of sp³-hybridized carbons (Fsp3) is 0.0476. The number of hydrogen-bond donors (Lipinski definition) is 0. The predicted octanol–water partition coefficient (Wildman–Crippen LogP) is 7.14. The van der Waals surface area contributed by atoms with Crippen molar-refractivity contribution >= 4 is 44.7 Å². The van der Waals surface area contributed by atoms with Crippen molar-refractivity contribution in [1.29, 1.82) is 0 Å². The number of rotatable bonds is 2. The van der Waals surface area contributed by atoms with Crippen molar-refractivity contribution in [2.24, 2.45) is 0 Å². The van der Waals surface area contributed by atoms with Gasteiger partial charge in [0.25, 0.3) is 0 Å². The van der Waals surface area contributed by atoms with Crippen LogP contribution in [0.25, 0.3) is 32.7 Å².